The fourth-order valence-electron chi connectivity index (χ4n) is 1.73. The molecular weight excluding hydrogens is 389 g/mol. The monoisotopic (exact) mass is 403 g/mol. The highest BCUT2D eigenvalue weighted by Gasteiger charge is 2.17. The van der Waals surface area contributed by atoms with Crippen LogP contribution >= 0.6 is 23.4 Å². The molecular formula is C15H15ClFN3O3S2. The maximum Gasteiger partial charge on any atom is 0.244 e. The number of pyridine rings is 1. The Labute approximate surface area is 154 Å². The predicted molar refractivity (Wildman–Crippen MR) is 95.9 cm³/mol. The van der Waals surface area contributed by atoms with Crippen LogP contribution in [0.25, 0.3) is 0 Å². The van der Waals surface area contributed by atoms with Gasteiger partial charge in [-0.25, -0.2) is 22.1 Å². The van der Waals surface area contributed by atoms with Gasteiger partial charge in [0, 0.05) is 26.0 Å². The number of amides is 1. The number of hydrogen-bond donors (Lipinski definition) is 1. The van der Waals surface area contributed by atoms with Gasteiger partial charge in [-0.05, 0) is 30.3 Å². The lowest BCUT2D eigenvalue weighted by Crippen LogP contribution is -2.22. The number of halogens is 2. The van der Waals surface area contributed by atoms with Gasteiger partial charge in [-0.15, -0.1) is 0 Å². The Morgan fingerprint density at radius 2 is 2.04 bits per heavy atom. The van der Waals surface area contributed by atoms with Crippen LogP contribution in [0.4, 0.5) is 10.1 Å². The molecule has 0 radical (unpaired) electrons. The highest BCUT2D eigenvalue weighted by molar-refractivity contribution is 7.99. The van der Waals surface area contributed by atoms with Crippen LogP contribution < -0.4 is 5.32 Å². The van der Waals surface area contributed by atoms with E-state index < -0.39 is 15.8 Å². The van der Waals surface area contributed by atoms with E-state index >= 15 is 0 Å². The number of rotatable bonds is 6. The van der Waals surface area contributed by atoms with Crippen molar-refractivity contribution >= 4 is 45.0 Å². The van der Waals surface area contributed by atoms with Crippen LogP contribution in [-0.2, 0) is 14.8 Å². The van der Waals surface area contributed by atoms with Crippen molar-refractivity contribution in [2.75, 3.05) is 25.2 Å². The molecule has 1 aromatic heterocycles. The first-order valence-corrected chi connectivity index (χ1v) is 9.77. The first-order valence-electron chi connectivity index (χ1n) is 6.96. The molecule has 0 saturated heterocycles. The first-order chi connectivity index (χ1) is 11.7. The molecule has 134 valence electrons. The molecule has 0 aliphatic heterocycles. The minimum absolute atomic E-state index is 0.0573. The van der Waals surface area contributed by atoms with Crippen molar-refractivity contribution in [1.82, 2.24) is 9.29 Å². The van der Waals surface area contributed by atoms with E-state index in [9.17, 15) is 17.6 Å². The molecule has 0 spiro atoms. The van der Waals surface area contributed by atoms with Crippen LogP contribution in [-0.4, -0.2) is 43.5 Å². The van der Waals surface area contributed by atoms with Crippen molar-refractivity contribution < 1.29 is 17.6 Å². The summed E-state index contributed by atoms with van der Waals surface area (Å²) < 4.78 is 38.0. The van der Waals surface area contributed by atoms with Crippen molar-refractivity contribution in [3.63, 3.8) is 0 Å². The molecule has 2 aromatic rings. The number of sulfonamides is 1. The summed E-state index contributed by atoms with van der Waals surface area (Å²) in [6.07, 6.45) is 1.25. The second-order valence-corrected chi connectivity index (χ2v) is 8.64. The zero-order valence-electron chi connectivity index (χ0n) is 13.4. The van der Waals surface area contributed by atoms with E-state index in [1.54, 1.807) is 0 Å². The van der Waals surface area contributed by atoms with E-state index in [2.05, 4.69) is 10.3 Å². The third kappa shape index (κ3) is 5.15. The topological polar surface area (TPSA) is 79.4 Å². The van der Waals surface area contributed by atoms with Crippen molar-refractivity contribution in [2.24, 2.45) is 0 Å². The fourth-order valence-corrected chi connectivity index (χ4v) is 3.40. The van der Waals surface area contributed by atoms with Gasteiger partial charge < -0.3 is 5.32 Å². The molecule has 1 amide bonds. The second kappa shape index (κ2) is 8.13. The summed E-state index contributed by atoms with van der Waals surface area (Å²) in [4.78, 5) is 16.0. The Bertz CT molecular complexity index is 874. The zero-order chi connectivity index (χ0) is 18.6. The molecule has 25 heavy (non-hydrogen) atoms. The van der Waals surface area contributed by atoms with Gasteiger partial charge in [0.15, 0.2) is 0 Å². The number of thioether (sulfide) groups is 1. The second-order valence-electron chi connectivity index (χ2n) is 5.09. The summed E-state index contributed by atoms with van der Waals surface area (Å²) in [5, 5.41) is 3.02. The molecule has 0 aliphatic carbocycles. The van der Waals surface area contributed by atoms with E-state index in [0.29, 0.717) is 10.7 Å². The van der Waals surface area contributed by atoms with Gasteiger partial charge in [0.2, 0.25) is 15.9 Å². The summed E-state index contributed by atoms with van der Waals surface area (Å²) in [6.45, 7) is 0. The largest absolute Gasteiger partial charge is 0.325 e. The first kappa shape index (κ1) is 19.6. The Morgan fingerprint density at radius 3 is 2.60 bits per heavy atom. The van der Waals surface area contributed by atoms with Crippen LogP contribution in [0, 0.1) is 5.82 Å². The lowest BCUT2D eigenvalue weighted by atomic mass is 10.3. The van der Waals surface area contributed by atoms with E-state index in [-0.39, 0.29) is 21.6 Å². The molecule has 0 fully saturated rings. The Hall–Kier alpha value is -1.68. The maximum absolute atomic E-state index is 13.1. The lowest BCUT2D eigenvalue weighted by molar-refractivity contribution is -0.113. The lowest BCUT2D eigenvalue weighted by Gasteiger charge is -2.11. The van der Waals surface area contributed by atoms with Crippen LogP contribution in [0.3, 0.4) is 0 Å². The van der Waals surface area contributed by atoms with Gasteiger partial charge in [0.25, 0.3) is 0 Å². The molecule has 6 nitrogen and oxygen atoms in total. The number of carbonyl (C=O) groups is 1. The number of nitrogens with one attached hydrogen (secondary N) is 1. The Balaban J connectivity index is 1.94. The van der Waals surface area contributed by atoms with Crippen molar-refractivity contribution in [3.05, 3.63) is 47.4 Å². The molecule has 0 saturated carbocycles. The molecule has 1 N–H and O–H groups in total. The number of carbonyl (C=O) groups excluding carboxylic acids is 1. The van der Waals surface area contributed by atoms with Crippen molar-refractivity contribution in [3.8, 4) is 0 Å². The third-order valence-electron chi connectivity index (χ3n) is 3.04. The van der Waals surface area contributed by atoms with Gasteiger partial charge in [-0.3, -0.25) is 4.79 Å². The molecule has 10 heteroatoms. The smallest absolute Gasteiger partial charge is 0.244 e. The molecule has 0 atom stereocenters. The quantitative estimate of drug-likeness (QED) is 0.750. The molecule has 2 rings (SSSR count). The fraction of sp³-hybridized carbons (Fsp3) is 0.200. The van der Waals surface area contributed by atoms with Crippen molar-refractivity contribution in [1.29, 1.82) is 0 Å². The predicted octanol–water partition coefficient (Wildman–Crippen LogP) is 2.86. The van der Waals surface area contributed by atoms with Gasteiger partial charge >= 0.3 is 0 Å². The van der Waals surface area contributed by atoms with Gasteiger partial charge in [-0.1, -0.05) is 23.4 Å². The average molecular weight is 404 g/mol. The van der Waals surface area contributed by atoms with Crippen LogP contribution in [0.15, 0.2) is 46.5 Å². The van der Waals surface area contributed by atoms with Gasteiger partial charge in [-0.2, -0.15) is 0 Å². The molecule has 0 unspecified atom stereocenters. The minimum Gasteiger partial charge on any atom is -0.325 e. The number of aromatic nitrogens is 1. The number of hydrogen-bond acceptors (Lipinski definition) is 5. The van der Waals surface area contributed by atoms with Gasteiger partial charge in [0.1, 0.15) is 10.7 Å². The maximum atomic E-state index is 13.1. The van der Waals surface area contributed by atoms with E-state index in [0.717, 1.165) is 22.1 Å². The summed E-state index contributed by atoms with van der Waals surface area (Å²) in [5.74, 6) is -0.827. The highest BCUT2D eigenvalue weighted by Crippen LogP contribution is 2.21. The minimum atomic E-state index is -3.53. The highest BCUT2D eigenvalue weighted by atomic mass is 35.5. The molecule has 1 aromatic carbocycles. The molecule has 1 heterocycles. The Kier molecular flexibility index (Phi) is 6.39. The molecule has 0 bridgehead atoms. The van der Waals surface area contributed by atoms with E-state index in [4.69, 9.17) is 11.6 Å². The Morgan fingerprint density at radius 1 is 1.32 bits per heavy atom. The zero-order valence-corrected chi connectivity index (χ0v) is 15.8. The van der Waals surface area contributed by atoms with E-state index in [1.165, 1.54) is 44.6 Å². The standard InChI is InChI=1S/C15H15ClFN3O3S2/c1-20(2)25(22,23)11-4-6-15(18-8-11)24-9-14(21)19-10-3-5-13(17)12(16)7-10/h3-8H,9H2,1-2H3,(H,19,21). The molecule has 0 aliphatic rings. The van der Waals surface area contributed by atoms with Crippen LogP contribution in [0.2, 0.25) is 5.02 Å². The summed E-state index contributed by atoms with van der Waals surface area (Å²) in [5.41, 5.74) is 0.386. The van der Waals surface area contributed by atoms with Crippen molar-refractivity contribution in [2.45, 2.75) is 9.92 Å². The summed E-state index contributed by atoms with van der Waals surface area (Å²) in [6, 6.07) is 6.85. The van der Waals surface area contributed by atoms with E-state index in [1.807, 2.05) is 0 Å². The number of benzene rings is 1. The number of nitrogens with zero attached hydrogens (tertiary/aromatic N) is 2. The van der Waals surface area contributed by atoms with Crippen LogP contribution in [0.5, 0.6) is 0 Å². The SMILES string of the molecule is CN(C)S(=O)(=O)c1ccc(SCC(=O)Nc2ccc(F)c(Cl)c2)nc1. The van der Waals surface area contributed by atoms with Gasteiger partial charge in [0.05, 0.1) is 15.8 Å². The average Bonchev–Trinajstić information content (AvgIpc) is 2.56. The van der Waals surface area contributed by atoms with Crippen LogP contribution in [0.1, 0.15) is 0 Å². The normalized spacial score (nSPS) is 11.6. The summed E-state index contributed by atoms with van der Waals surface area (Å²) >= 11 is 6.79. The summed E-state index contributed by atoms with van der Waals surface area (Å²) in [7, 11) is -0.665. The third-order valence-corrected chi connectivity index (χ3v) is 6.07. The number of anilines is 1.